The van der Waals surface area contributed by atoms with Crippen LogP contribution in [0, 0.1) is 25.5 Å². The van der Waals surface area contributed by atoms with Crippen LogP contribution in [0.15, 0.2) is 27.6 Å². The zero-order valence-electron chi connectivity index (χ0n) is 14.1. The van der Waals surface area contributed by atoms with Gasteiger partial charge in [-0.2, -0.15) is 4.31 Å². The van der Waals surface area contributed by atoms with Gasteiger partial charge in [0.1, 0.15) is 16.6 Å². The number of benzene rings is 1. The van der Waals surface area contributed by atoms with Gasteiger partial charge in [-0.05, 0) is 38.8 Å². The molecule has 0 aliphatic carbocycles. The Labute approximate surface area is 149 Å². The summed E-state index contributed by atoms with van der Waals surface area (Å²) < 4.78 is 58.2. The van der Waals surface area contributed by atoms with Crippen molar-refractivity contribution in [1.82, 2.24) is 9.46 Å². The fraction of sp³-hybridized carbons (Fsp3) is 0.375. The molecule has 1 aliphatic rings. The molecule has 1 fully saturated rings. The summed E-state index contributed by atoms with van der Waals surface area (Å²) in [4.78, 5) is 12.5. The molecule has 1 aromatic carbocycles. The molecule has 1 N–H and O–H groups in total. The van der Waals surface area contributed by atoms with Crippen molar-refractivity contribution >= 4 is 21.6 Å². The maximum Gasteiger partial charge on any atom is 0.249 e. The van der Waals surface area contributed by atoms with Crippen LogP contribution in [-0.2, 0) is 14.8 Å². The average molecular weight is 385 g/mol. The molecular weight excluding hydrogens is 368 g/mol. The van der Waals surface area contributed by atoms with Crippen molar-refractivity contribution in [2.75, 3.05) is 11.9 Å². The van der Waals surface area contributed by atoms with Crippen LogP contribution in [0.1, 0.15) is 24.3 Å². The maximum absolute atomic E-state index is 13.3. The molecule has 140 valence electrons. The number of anilines is 1. The number of nitrogens with zero attached hydrogens (tertiary/aromatic N) is 2. The Balaban J connectivity index is 1.85. The lowest BCUT2D eigenvalue weighted by molar-refractivity contribution is -0.119. The minimum absolute atomic E-state index is 0.0509. The molecule has 10 heteroatoms. The van der Waals surface area contributed by atoms with Crippen LogP contribution < -0.4 is 5.32 Å². The van der Waals surface area contributed by atoms with E-state index in [2.05, 4.69) is 10.5 Å². The van der Waals surface area contributed by atoms with Gasteiger partial charge < -0.3 is 9.84 Å². The predicted molar refractivity (Wildman–Crippen MR) is 87.9 cm³/mol. The van der Waals surface area contributed by atoms with Gasteiger partial charge in [-0.25, -0.2) is 17.2 Å². The summed E-state index contributed by atoms with van der Waals surface area (Å²) in [7, 11) is -3.98. The van der Waals surface area contributed by atoms with E-state index in [1.807, 2.05) is 0 Å². The summed E-state index contributed by atoms with van der Waals surface area (Å²) in [6.07, 6.45) is 0.816. The van der Waals surface area contributed by atoms with Crippen molar-refractivity contribution in [3.63, 3.8) is 0 Å². The summed E-state index contributed by atoms with van der Waals surface area (Å²) in [5.74, 6) is -2.60. The highest BCUT2D eigenvalue weighted by molar-refractivity contribution is 7.89. The number of aromatic nitrogens is 1. The second kappa shape index (κ2) is 6.76. The highest BCUT2D eigenvalue weighted by Crippen LogP contribution is 2.30. The molecule has 1 aromatic heterocycles. The fourth-order valence-electron chi connectivity index (χ4n) is 3.05. The number of carbonyl (C=O) groups is 1. The first-order valence-electron chi connectivity index (χ1n) is 7.92. The number of carbonyl (C=O) groups excluding carboxylic acids is 1. The first-order valence-corrected chi connectivity index (χ1v) is 9.36. The van der Waals surface area contributed by atoms with E-state index in [1.54, 1.807) is 0 Å². The Hall–Kier alpha value is -2.33. The molecular formula is C16H17F2N3O4S. The van der Waals surface area contributed by atoms with E-state index in [1.165, 1.54) is 19.9 Å². The van der Waals surface area contributed by atoms with Gasteiger partial charge in [0.25, 0.3) is 0 Å². The maximum atomic E-state index is 13.3. The molecule has 2 heterocycles. The Kier molecular flexibility index (Phi) is 4.80. The quantitative estimate of drug-likeness (QED) is 0.872. The van der Waals surface area contributed by atoms with Gasteiger partial charge in [0, 0.05) is 18.3 Å². The predicted octanol–water partition coefficient (Wildman–Crippen LogP) is 2.36. The molecule has 0 bridgehead atoms. The van der Waals surface area contributed by atoms with Crippen LogP contribution >= 0.6 is 0 Å². The number of hydrogen-bond acceptors (Lipinski definition) is 5. The Morgan fingerprint density at radius 1 is 1.31 bits per heavy atom. The van der Waals surface area contributed by atoms with E-state index in [0.29, 0.717) is 12.8 Å². The smallest absolute Gasteiger partial charge is 0.249 e. The molecule has 26 heavy (non-hydrogen) atoms. The van der Waals surface area contributed by atoms with E-state index >= 15 is 0 Å². The molecule has 0 saturated carbocycles. The summed E-state index contributed by atoms with van der Waals surface area (Å²) in [5.41, 5.74) is 0.268. The van der Waals surface area contributed by atoms with Crippen LogP contribution in [0.4, 0.5) is 14.5 Å². The summed E-state index contributed by atoms with van der Waals surface area (Å²) in [6, 6.07) is 1.98. The molecule has 0 radical (unpaired) electrons. The first kappa shape index (κ1) is 18.5. The van der Waals surface area contributed by atoms with Gasteiger partial charge in [0.2, 0.25) is 15.9 Å². The summed E-state index contributed by atoms with van der Waals surface area (Å²) >= 11 is 0. The SMILES string of the molecule is Cc1noc(C)c1S(=O)(=O)N1CCC[C@H]1C(=O)Nc1ccc(F)c(F)c1. The number of amides is 1. The number of hydrogen-bond donors (Lipinski definition) is 1. The number of sulfonamides is 1. The van der Waals surface area contributed by atoms with Crippen molar-refractivity contribution in [3.05, 3.63) is 41.3 Å². The van der Waals surface area contributed by atoms with Crippen molar-refractivity contribution < 1.29 is 26.5 Å². The lowest BCUT2D eigenvalue weighted by atomic mass is 10.2. The molecule has 7 nitrogen and oxygen atoms in total. The van der Waals surface area contributed by atoms with E-state index < -0.39 is 33.6 Å². The van der Waals surface area contributed by atoms with Crippen LogP contribution in [0.5, 0.6) is 0 Å². The zero-order valence-corrected chi connectivity index (χ0v) is 14.9. The molecule has 0 unspecified atom stereocenters. The first-order chi connectivity index (χ1) is 12.2. The summed E-state index contributed by atoms with van der Waals surface area (Å²) in [6.45, 7) is 3.16. The molecule has 1 saturated heterocycles. The largest absolute Gasteiger partial charge is 0.360 e. The van der Waals surface area contributed by atoms with Crippen molar-refractivity contribution in [2.45, 2.75) is 37.6 Å². The minimum atomic E-state index is -3.98. The van der Waals surface area contributed by atoms with Crippen molar-refractivity contribution in [3.8, 4) is 0 Å². The topological polar surface area (TPSA) is 92.5 Å². The van der Waals surface area contributed by atoms with Gasteiger partial charge >= 0.3 is 0 Å². The van der Waals surface area contributed by atoms with E-state index in [0.717, 1.165) is 16.4 Å². The van der Waals surface area contributed by atoms with Gasteiger partial charge in [-0.1, -0.05) is 5.16 Å². The number of nitrogens with one attached hydrogen (secondary N) is 1. The Morgan fingerprint density at radius 2 is 2.04 bits per heavy atom. The Morgan fingerprint density at radius 3 is 2.65 bits per heavy atom. The lowest BCUT2D eigenvalue weighted by Crippen LogP contribution is -2.43. The van der Waals surface area contributed by atoms with Gasteiger partial charge in [0.05, 0.1) is 0 Å². The van der Waals surface area contributed by atoms with E-state index in [4.69, 9.17) is 4.52 Å². The Bertz CT molecular complexity index is 939. The van der Waals surface area contributed by atoms with Gasteiger partial charge in [-0.3, -0.25) is 4.79 Å². The minimum Gasteiger partial charge on any atom is -0.360 e. The van der Waals surface area contributed by atoms with Crippen LogP contribution in [0.3, 0.4) is 0 Å². The molecule has 1 amide bonds. The molecule has 2 aromatic rings. The monoisotopic (exact) mass is 385 g/mol. The lowest BCUT2D eigenvalue weighted by Gasteiger charge is -2.23. The standard InChI is InChI=1S/C16H17F2N3O4S/c1-9-15(10(2)25-20-9)26(23,24)21-7-3-4-14(21)16(22)19-11-5-6-12(17)13(18)8-11/h5-6,8,14H,3-4,7H2,1-2H3,(H,19,22)/t14-/m0/s1. The fourth-order valence-corrected chi connectivity index (χ4v) is 5.00. The van der Waals surface area contributed by atoms with Gasteiger partial charge in [-0.15, -0.1) is 0 Å². The van der Waals surface area contributed by atoms with Crippen molar-refractivity contribution in [2.24, 2.45) is 0 Å². The van der Waals surface area contributed by atoms with Crippen LogP contribution in [0.2, 0.25) is 0 Å². The van der Waals surface area contributed by atoms with Crippen LogP contribution in [-0.4, -0.2) is 36.4 Å². The van der Waals surface area contributed by atoms with E-state index in [-0.39, 0.29) is 28.6 Å². The number of rotatable bonds is 4. The molecule has 1 aliphatic heterocycles. The van der Waals surface area contributed by atoms with Crippen molar-refractivity contribution in [1.29, 1.82) is 0 Å². The molecule has 3 rings (SSSR count). The number of halogens is 2. The highest BCUT2D eigenvalue weighted by atomic mass is 32.2. The highest BCUT2D eigenvalue weighted by Gasteiger charge is 2.41. The zero-order chi connectivity index (χ0) is 19.1. The van der Waals surface area contributed by atoms with E-state index in [9.17, 15) is 22.0 Å². The number of aryl methyl sites for hydroxylation is 2. The third-order valence-corrected chi connectivity index (χ3v) is 6.38. The second-order valence-electron chi connectivity index (χ2n) is 6.05. The third kappa shape index (κ3) is 3.21. The summed E-state index contributed by atoms with van der Waals surface area (Å²) in [5, 5.41) is 6.09. The molecule has 1 atom stereocenters. The van der Waals surface area contributed by atoms with Crippen LogP contribution in [0.25, 0.3) is 0 Å². The second-order valence-corrected chi connectivity index (χ2v) is 7.87. The third-order valence-electron chi connectivity index (χ3n) is 4.23. The molecule has 0 spiro atoms. The van der Waals surface area contributed by atoms with Gasteiger partial charge in [0.15, 0.2) is 17.4 Å². The average Bonchev–Trinajstić information content (AvgIpc) is 3.18. The normalized spacial score (nSPS) is 18.2.